The SMILES string of the molecule is NCCOCCn1cc(C2CC2C(=O)Nc2cc3cc(-c4c(Cl)cccc4Cl)nc(N)c3cn2)cn1. The van der Waals surface area contributed by atoms with E-state index in [-0.39, 0.29) is 17.7 Å². The van der Waals surface area contributed by atoms with Gasteiger partial charge in [0.2, 0.25) is 5.91 Å². The van der Waals surface area contributed by atoms with Gasteiger partial charge in [0.25, 0.3) is 0 Å². The fourth-order valence-electron chi connectivity index (χ4n) is 4.22. The van der Waals surface area contributed by atoms with Crippen LogP contribution in [0.15, 0.2) is 48.9 Å². The van der Waals surface area contributed by atoms with Crippen molar-refractivity contribution in [1.29, 1.82) is 0 Å². The number of nitrogens with two attached hydrogens (primary N) is 2. The molecule has 0 radical (unpaired) electrons. The van der Waals surface area contributed by atoms with Crippen molar-refractivity contribution in [1.82, 2.24) is 19.7 Å². The Hall–Kier alpha value is -3.24. The molecule has 11 heteroatoms. The van der Waals surface area contributed by atoms with E-state index < -0.39 is 0 Å². The van der Waals surface area contributed by atoms with Crippen LogP contribution >= 0.6 is 23.2 Å². The second-order valence-electron chi connectivity index (χ2n) is 8.66. The molecule has 1 fully saturated rings. The van der Waals surface area contributed by atoms with E-state index in [9.17, 15) is 4.79 Å². The maximum Gasteiger partial charge on any atom is 0.229 e. The first-order chi connectivity index (χ1) is 17.4. The third-order valence-electron chi connectivity index (χ3n) is 6.15. The summed E-state index contributed by atoms with van der Waals surface area (Å²) < 4.78 is 7.22. The molecule has 186 valence electrons. The molecule has 0 spiro atoms. The molecule has 0 aliphatic heterocycles. The number of benzene rings is 1. The summed E-state index contributed by atoms with van der Waals surface area (Å²) in [4.78, 5) is 21.7. The Morgan fingerprint density at radius 1 is 1.19 bits per heavy atom. The number of aromatic nitrogens is 4. The molecule has 2 atom stereocenters. The number of rotatable bonds is 9. The summed E-state index contributed by atoms with van der Waals surface area (Å²) >= 11 is 12.7. The fourth-order valence-corrected chi connectivity index (χ4v) is 4.81. The number of carbonyl (C=O) groups excluding carboxylic acids is 1. The summed E-state index contributed by atoms with van der Waals surface area (Å²) in [6.45, 7) is 2.21. The zero-order valence-electron chi connectivity index (χ0n) is 19.3. The first-order valence-corrected chi connectivity index (χ1v) is 12.3. The van der Waals surface area contributed by atoms with Crippen LogP contribution in [0.2, 0.25) is 10.0 Å². The van der Waals surface area contributed by atoms with Crippen LogP contribution in [-0.4, -0.2) is 45.4 Å². The molecular weight excluding hydrogens is 501 g/mol. The van der Waals surface area contributed by atoms with E-state index in [2.05, 4.69) is 20.4 Å². The summed E-state index contributed by atoms with van der Waals surface area (Å²) in [6, 6.07) is 8.87. The highest BCUT2D eigenvalue weighted by atomic mass is 35.5. The normalized spacial score (nSPS) is 16.9. The minimum Gasteiger partial charge on any atom is -0.383 e. The number of carbonyl (C=O) groups is 1. The Morgan fingerprint density at radius 2 is 2.00 bits per heavy atom. The molecule has 3 aromatic heterocycles. The van der Waals surface area contributed by atoms with E-state index in [0.717, 1.165) is 17.4 Å². The molecule has 0 saturated heterocycles. The van der Waals surface area contributed by atoms with Gasteiger partial charge in [0.15, 0.2) is 0 Å². The molecule has 2 unspecified atom stereocenters. The van der Waals surface area contributed by atoms with Gasteiger partial charge in [-0.05, 0) is 47.6 Å². The van der Waals surface area contributed by atoms with E-state index in [1.54, 1.807) is 30.5 Å². The zero-order chi connectivity index (χ0) is 25.2. The molecule has 0 bridgehead atoms. The largest absolute Gasteiger partial charge is 0.383 e. The lowest BCUT2D eigenvalue weighted by Gasteiger charge is -2.11. The molecule has 36 heavy (non-hydrogen) atoms. The van der Waals surface area contributed by atoms with E-state index >= 15 is 0 Å². The van der Waals surface area contributed by atoms with E-state index in [0.29, 0.717) is 64.6 Å². The lowest BCUT2D eigenvalue weighted by Crippen LogP contribution is -2.15. The molecule has 4 aromatic rings. The Labute approximate surface area is 217 Å². The van der Waals surface area contributed by atoms with Crippen LogP contribution in [0.4, 0.5) is 11.6 Å². The van der Waals surface area contributed by atoms with Crippen molar-refractivity contribution in [2.24, 2.45) is 11.7 Å². The van der Waals surface area contributed by atoms with Gasteiger partial charge in [-0.3, -0.25) is 9.48 Å². The van der Waals surface area contributed by atoms with Gasteiger partial charge in [0.05, 0.1) is 41.7 Å². The highest BCUT2D eigenvalue weighted by Crippen LogP contribution is 2.48. The van der Waals surface area contributed by atoms with Crippen LogP contribution in [0.25, 0.3) is 22.0 Å². The standard InChI is InChI=1S/C25H25Cl2N7O2/c26-19-2-1-3-20(27)23(19)21-8-14-9-22(30-12-18(14)24(29)32-21)33-25(35)17-10-16(17)15-11-31-34(13-15)5-7-36-6-4-28/h1-3,8-9,11-13,16-17H,4-7,10,28H2,(H2,29,32)(H,30,33,35). The van der Waals surface area contributed by atoms with E-state index in [1.807, 2.05) is 23.1 Å². The van der Waals surface area contributed by atoms with Crippen molar-refractivity contribution in [2.45, 2.75) is 18.9 Å². The number of nitrogen functional groups attached to an aromatic ring is 1. The highest BCUT2D eigenvalue weighted by Gasteiger charge is 2.44. The second-order valence-corrected chi connectivity index (χ2v) is 9.47. The molecule has 9 nitrogen and oxygen atoms in total. The quantitative estimate of drug-likeness (QED) is 0.280. The highest BCUT2D eigenvalue weighted by molar-refractivity contribution is 6.39. The molecule has 1 saturated carbocycles. The maximum atomic E-state index is 12.9. The fraction of sp³-hybridized carbons (Fsp3) is 0.280. The average Bonchev–Trinajstić information content (AvgIpc) is 3.52. The molecular formula is C25H25Cl2N7O2. The smallest absolute Gasteiger partial charge is 0.229 e. The van der Waals surface area contributed by atoms with Crippen LogP contribution in [0.1, 0.15) is 17.9 Å². The number of hydrogen-bond acceptors (Lipinski definition) is 7. The number of nitrogens with one attached hydrogen (secondary N) is 1. The van der Waals surface area contributed by atoms with Crippen molar-refractivity contribution in [2.75, 3.05) is 30.8 Å². The molecule has 1 aromatic carbocycles. The molecule has 1 aliphatic carbocycles. The van der Waals surface area contributed by atoms with Crippen molar-refractivity contribution in [3.8, 4) is 11.3 Å². The number of amides is 1. The van der Waals surface area contributed by atoms with Crippen LogP contribution in [0, 0.1) is 5.92 Å². The summed E-state index contributed by atoms with van der Waals surface area (Å²) in [5.41, 5.74) is 13.8. The lowest BCUT2D eigenvalue weighted by atomic mass is 10.1. The van der Waals surface area contributed by atoms with Crippen LogP contribution in [0.3, 0.4) is 0 Å². The lowest BCUT2D eigenvalue weighted by molar-refractivity contribution is -0.117. The summed E-state index contributed by atoms with van der Waals surface area (Å²) in [7, 11) is 0. The maximum absolute atomic E-state index is 12.9. The minimum atomic E-state index is -0.131. The third kappa shape index (κ3) is 5.15. The average molecular weight is 526 g/mol. The number of ether oxygens (including phenoxy) is 1. The Kier molecular flexibility index (Phi) is 7.06. The van der Waals surface area contributed by atoms with Crippen molar-refractivity contribution in [3.05, 3.63) is 64.5 Å². The number of nitrogens with zero attached hydrogens (tertiary/aromatic N) is 4. The van der Waals surface area contributed by atoms with Crippen molar-refractivity contribution < 1.29 is 9.53 Å². The van der Waals surface area contributed by atoms with Crippen LogP contribution in [-0.2, 0) is 16.1 Å². The Morgan fingerprint density at radius 3 is 2.78 bits per heavy atom. The molecule has 5 N–H and O–H groups in total. The molecule has 1 aliphatic rings. The predicted octanol–water partition coefficient (Wildman–Crippen LogP) is 4.10. The monoisotopic (exact) mass is 525 g/mol. The van der Waals surface area contributed by atoms with Gasteiger partial charge >= 0.3 is 0 Å². The van der Waals surface area contributed by atoms with Gasteiger partial charge < -0.3 is 21.5 Å². The summed E-state index contributed by atoms with van der Waals surface area (Å²) in [5, 5.41) is 9.69. The van der Waals surface area contributed by atoms with E-state index in [4.69, 9.17) is 39.4 Å². The molecule has 3 heterocycles. The van der Waals surface area contributed by atoms with Gasteiger partial charge in [0, 0.05) is 35.8 Å². The van der Waals surface area contributed by atoms with Gasteiger partial charge in [-0.1, -0.05) is 29.3 Å². The predicted molar refractivity (Wildman–Crippen MR) is 141 cm³/mol. The minimum absolute atomic E-state index is 0.0812. The third-order valence-corrected chi connectivity index (χ3v) is 6.78. The second kappa shape index (κ2) is 10.4. The Balaban J connectivity index is 1.28. The van der Waals surface area contributed by atoms with Crippen molar-refractivity contribution >= 4 is 51.5 Å². The molecule has 1 amide bonds. The van der Waals surface area contributed by atoms with Gasteiger partial charge in [-0.15, -0.1) is 0 Å². The summed E-state index contributed by atoms with van der Waals surface area (Å²) in [6.07, 6.45) is 6.15. The van der Waals surface area contributed by atoms with E-state index in [1.165, 1.54) is 0 Å². The number of anilines is 2. The van der Waals surface area contributed by atoms with Crippen molar-refractivity contribution in [3.63, 3.8) is 0 Å². The number of hydrogen-bond donors (Lipinski definition) is 3. The first kappa shape index (κ1) is 24.5. The first-order valence-electron chi connectivity index (χ1n) is 11.6. The topological polar surface area (TPSA) is 134 Å². The van der Waals surface area contributed by atoms with Crippen LogP contribution < -0.4 is 16.8 Å². The summed E-state index contributed by atoms with van der Waals surface area (Å²) in [5.74, 6) is 0.665. The van der Waals surface area contributed by atoms with Crippen LogP contribution in [0.5, 0.6) is 0 Å². The zero-order valence-corrected chi connectivity index (χ0v) is 20.8. The Bertz CT molecular complexity index is 1400. The van der Waals surface area contributed by atoms with Gasteiger partial charge in [-0.2, -0.15) is 5.10 Å². The number of pyridine rings is 2. The van der Waals surface area contributed by atoms with Gasteiger partial charge in [0.1, 0.15) is 11.6 Å². The number of fused-ring (bicyclic) bond motifs is 1. The molecule has 5 rings (SSSR count). The van der Waals surface area contributed by atoms with Gasteiger partial charge in [-0.25, -0.2) is 9.97 Å². The number of halogens is 2.